The summed E-state index contributed by atoms with van der Waals surface area (Å²) in [5.74, 6) is -6.26. The number of aryl methyl sites for hydroxylation is 1. The number of carbonyl (C=O) groups excluding carboxylic acids is 1. The number of alkyl halides is 2. The molecule has 148 valence electrons. The van der Waals surface area contributed by atoms with Crippen molar-refractivity contribution in [3.8, 4) is 0 Å². The van der Waals surface area contributed by atoms with Crippen LogP contribution in [0.2, 0.25) is 0 Å². The van der Waals surface area contributed by atoms with Crippen molar-refractivity contribution >= 4 is 33.0 Å². The predicted octanol–water partition coefficient (Wildman–Crippen LogP) is 3.91. The number of hydrogen-bond donors (Lipinski definition) is 2. The normalized spacial score (nSPS) is 13.4. The maximum Gasteiger partial charge on any atom is 0.261 e. The van der Waals surface area contributed by atoms with Crippen LogP contribution >= 0.6 is 11.3 Å². The topological polar surface area (TPSA) is 75.3 Å². The molecule has 11 heteroatoms. The number of anilines is 1. The summed E-state index contributed by atoms with van der Waals surface area (Å²) in [6.07, 6.45) is 0. The molecule has 2 N–H and O–H groups in total. The minimum atomic E-state index is -4.26. The number of rotatable bonds is 6. The number of nitrogens with one attached hydrogen (secondary N) is 2. The Bertz CT molecular complexity index is 969. The Balaban J connectivity index is 2.24. The van der Waals surface area contributed by atoms with Crippen molar-refractivity contribution in [1.29, 1.82) is 0 Å². The summed E-state index contributed by atoms with van der Waals surface area (Å²) in [5.41, 5.74) is -0.0488. The van der Waals surface area contributed by atoms with Crippen molar-refractivity contribution in [3.63, 3.8) is 0 Å². The van der Waals surface area contributed by atoms with Gasteiger partial charge in [0.15, 0.2) is 11.6 Å². The van der Waals surface area contributed by atoms with E-state index in [0.717, 1.165) is 42.5 Å². The smallest absolute Gasteiger partial charge is 0.261 e. The van der Waals surface area contributed by atoms with Crippen molar-refractivity contribution in [1.82, 2.24) is 4.72 Å². The highest BCUT2D eigenvalue weighted by Gasteiger charge is 2.34. The monoisotopic (exact) mass is 424 g/mol. The molecule has 1 heterocycles. The van der Waals surface area contributed by atoms with Gasteiger partial charge in [0.25, 0.3) is 21.9 Å². The van der Waals surface area contributed by atoms with E-state index in [4.69, 9.17) is 0 Å². The molecule has 0 bridgehead atoms. The number of sulfonamides is 1. The second-order valence-electron chi connectivity index (χ2n) is 5.92. The molecule has 1 amide bonds. The standard InChI is InChI=1S/C16H16F4N2O3S2/c1-8-11(15(23)21-10-4-5-12(17)13(18)6-10)7-14(26-8)27(24,25)22-9(2)16(3,19)20/h4-7,9,22H,1-3H3,(H,21,23)/t9-/m1/s1. The summed E-state index contributed by atoms with van der Waals surface area (Å²) in [6, 6.07) is 2.14. The zero-order valence-electron chi connectivity index (χ0n) is 14.4. The summed E-state index contributed by atoms with van der Waals surface area (Å²) < 4.78 is 78.7. The molecule has 1 aromatic carbocycles. The summed E-state index contributed by atoms with van der Waals surface area (Å²) in [4.78, 5) is 12.6. The van der Waals surface area contributed by atoms with E-state index < -0.39 is 39.5 Å². The number of carbonyl (C=O) groups is 1. The van der Waals surface area contributed by atoms with Gasteiger partial charge in [-0.2, -0.15) is 0 Å². The molecule has 0 aliphatic carbocycles. The summed E-state index contributed by atoms with van der Waals surface area (Å²) >= 11 is 0.728. The highest BCUT2D eigenvalue weighted by molar-refractivity contribution is 7.91. The van der Waals surface area contributed by atoms with E-state index in [1.807, 2.05) is 4.72 Å². The number of amides is 1. The number of thiophene rings is 1. The fraction of sp³-hybridized carbons (Fsp3) is 0.312. The average Bonchev–Trinajstić information content (AvgIpc) is 2.92. The lowest BCUT2D eigenvalue weighted by molar-refractivity contribution is -0.00487. The van der Waals surface area contributed by atoms with Crippen molar-refractivity contribution in [2.24, 2.45) is 0 Å². The van der Waals surface area contributed by atoms with Gasteiger partial charge in [-0.25, -0.2) is 30.7 Å². The fourth-order valence-corrected chi connectivity index (χ4v) is 4.74. The van der Waals surface area contributed by atoms with Crippen LogP contribution in [0.25, 0.3) is 0 Å². The predicted molar refractivity (Wildman–Crippen MR) is 93.8 cm³/mol. The minimum Gasteiger partial charge on any atom is -0.322 e. The van der Waals surface area contributed by atoms with E-state index in [0.29, 0.717) is 11.8 Å². The van der Waals surface area contributed by atoms with Gasteiger partial charge in [-0.3, -0.25) is 4.79 Å². The third-order valence-electron chi connectivity index (χ3n) is 3.67. The highest BCUT2D eigenvalue weighted by atomic mass is 32.2. The summed E-state index contributed by atoms with van der Waals surface area (Å²) in [5, 5.41) is 2.32. The number of hydrogen-bond acceptors (Lipinski definition) is 4. The van der Waals surface area contributed by atoms with Gasteiger partial charge in [0, 0.05) is 23.6 Å². The molecule has 0 spiro atoms. The molecule has 2 rings (SSSR count). The molecule has 1 atom stereocenters. The quantitative estimate of drug-likeness (QED) is 0.691. The van der Waals surface area contributed by atoms with Crippen LogP contribution in [0, 0.1) is 18.6 Å². The van der Waals surface area contributed by atoms with Crippen molar-refractivity contribution < 1.29 is 30.8 Å². The van der Waals surface area contributed by atoms with E-state index in [9.17, 15) is 30.8 Å². The van der Waals surface area contributed by atoms with Crippen molar-refractivity contribution in [2.45, 2.75) is 36.9 Å². The second kappa shape index (κ2) is 7.56. The molecule has 0 saturated heterocycles. The van der Waals surface area contributed by atoms with E-state index >= 15 is 0 Å². The third-order valence-corrected chi connectivity index (χ3v) is 6.74. The van der Waals surface area contributed by atoms with Crippen LogP contribution in [0.15, 0.2) is 28.5 Å². The van der Waals surface area contributed by atoms with Crippen LogP contribution in [-0.2, 0) is 10.0 Å². The zero-order chi connectivity index (χ0) is 20.6. The Kier molecular flexibility index (Phi) is 5.97. The number of benzene rings is 1. The molecular formula is C16H16F4N2O3S2. The summed E-state index contributed by atoms with van der Waals surface area (Å²) in [6.45, 7) is 3.08. The van der Waals surface area contributed by atoms with Crippen LogP contribution < -0.4 is 10.0 Å². The first-order valence-corrected chi connectivity index (χ1v) is 9.88. The van der Waals surface area contributed by atoms with E-state index in [1.54, 1.807) is 0 Å². The maximum absolute atomic E-state index is 13.2. The zero-order valence-corrected chi connectivity index (χ0v) is 16.1. The third kappa shape index (κ3) is 5.05. The van der Waals surface area contributed by atoms with E-state index in [-0.39, 0.29) is 15.5 Å². The molecule has 0 radical (unpaired) electrons. The molecule has 0 unspecified atom stereocenters. The first-order valence-electron chi connectivity index (χ1n) is 7.58. The van der Waals surface area contributed by atoms with Crippen molar-refractivity contribution in [2.75, 3.05) is 5.32 Å². The Labute approximate surface area is 157 Å². The molecule has 0 aliphatic heterocycles. The van der Waals surface area contributed by atoms with Gasteiger partial charge in [-0.05, 0) is 32.0 Å². The molecule has 5 nitrogen and oxygen atoms in total. The van der Waals surface area contributed by atoms with Gasteiger partial charge in [0.2, 0.25) is 0 Å². The van der Waals surface area contributed by atoms with E-state index in [2.05, 4.69) is 5.32 Å². The van der Waals surface area contributed by atoms with Gasteiger partial charge in [0.05, 0.1) is 11.6 Å². The Morgan fingerprint density at radius 3 is 2.37 bits per heavy atom. The second-order valence-corrected chi connectivity index (χ2v) is 9.11. The first-order chi connectivity index (χ1) is 12.3. The summed E-state index contributed by atoms with van der Waals surface area (Å²) in [7, 11) is -4.26. The van der Waals surface area contributed by atoms with Crippen molar-refractivity contribution in [3.05, 3.63) is 46.3 Å². The molecule has 0 aliphatic rings. The molecule has 0 saturated carbocycles. The van der Waals surface area contributed by atoms with Gasteiger partial charge in [-0.1, -0.05) is 0 Å². The fourth-order valence-electron chi connectivity index (χ4n) is 1.98. The van der Waals surface area contributed by atoms with E-state index in [1.165, 1.54) is 6.92 Å². The van der Waals surface area contributed by atoms with Gasteiger partial charge >= 0.3 is 0 Å². The molecular weight excluding hydrogens is 408 g/mol. The lowest BCUT2D eigenvalue weighted by Gasteiger charge is -2.19. The van der Waals surface area contributed by atoms with Gasteiger partial charge < -0.3 is 5.32 Å². The maximum atomic E-state index is 13.2. The van der Waals surface area contributed by atoms with Crippen LogP contribution in [-0.4, -0.2) is 26.3 Å². The van der Waals surface area contributed by atoms with Crippen LogP contribution in [0.4, 0.5) is 23.2 Å². The first kappa shape index (κ1) is 21.3. The molecule has 1 aromatic heterocycles. The number of halogens is 4. The molecule has 0 fully saturated rings. The lowest BCUT2D eigenvalue weighted by atomic mass is 10.2. The molecule has 27 heavy (non-hydrogen) atoms. The van der Waals surface area contributed by atoms with Crippen LogP contribution in [0.5, 0.6) is 0 Å². The SMILES string of the molecule is Cc1sc(S(=O)(=O)N[C@H](C)C(C)(F)F)cc1C(=O)Nc1ccc(F)c(F)c1. The lowest BCUT2D eigenvalue weighted by Crippen LogP contribution is -2.43. The Morgan fingerprint density at radius 2 is 1.81 bits per heavy atom. The van der Waals surface area contributed by atoms with Gasteiger partial charge in [-0.15, -0.1) is 11.3 Å². The minimum absolute atomic E-state index is 0.0220. The van der Waals surface area contributed by atoms with Crippen LogP contribution in [0.3, 0.4) is 0 Å². The molecule has 2 aromatic rings. The average molecular weight is 424 g/mol. The largest absolute Gasteiger partial charge is 0.322 e. The Hall–Kier alpha value is -1.98. The Morgan fingerprint density at radius 1 is 1.19 bits per heavy atom. The van der Waals surface area contributed by atoms with Crippen LogP contribution in [0.1, 0.15) is 29.1 Å². The highest BCUT2D eigenvalue weighted by Crippen LogP contribution is 2.28. The van der Waals surface area contributed by atoms with Gasteiger partial charge in [0.1, 0.15) is 4.21 Å².